The molecule has 0 aliphatic heterocycles. The van der Waals surface area contributed by atoms with Crippen LogP contribution in [0.4, 0.5) is 0 Å². The van der Waals surface area contributed by atoms with Crippen molar-refractivity contribution in [2.75, 3.05) is 6.54 Å². The van der Waals surface area contributed by atoms with Crippen LogP contribution in [0.2, 0.25) is 0 Å². The van der Waals surface area contributed by atoms with Crippen molar-refractivity contribution in [3.63, 3.8) is 0 Å². The second kappa shape index (κ2) is 18.4. The van der Waals surface area contributed by atoms with E-state index in [9.17, 15) is 24.0 Å². The lowest BCUT2D eigenvalue weighted by molar-refractivity contribution is -0.137. The van der Waals surface area contributed by atoms with Crippen LogP contribution in [0, 0.1) is 17.8 Å². The fourth-order valence-corrected chi connectivity index (χ4v) is 4.87. The van der Waals surface area contributed by atoms with Gasteiger partial charge in [0.05, 0.1) is 0 Å². The molecule has 0 radical (unpaired) electrons. The van der Waals surface area contributed by atoms with Gasteiger partial charge in [-0.2, -0.15) is 0 Å². The molecule has 0 aromatic heterocycles. The number of carbonyl (C=O) groups excluding carboxylic acids is 5. The molecule has 5 amide bonds. The highest BCUT2D eigenvalue weighted by atomic mass is 16.5. The number of hydrogen-bond acceptors (Lipinski definition) is 6. The lowest BCUT2D eigenvalue weighted by Gasteiger charge is -2.25. The summed E-state index contributed by atoms with van der Waals surface area (Å²) in [6.45, 7) is 7.91. The Bertz CT molecular complexity index is 1230. The molecule has 2 aromatic rings. The molecule has 0 aliphatic carbocycles. The molecule has 11 nitrogen and oxygen atoms in total. The van der Waals surface area contributed by atoms with E-state index < -0.39 is 41.6 Å². The second-order valence-electron chi connectivity index (χ2n) is 11.9. The lowest BCUT2D eigenvalue weighted by Crippen LogP contribution is -2.54. The number of benzene rings is 2. The molecule has 0 spiro atoms. The third-order valence-corrected chi connectivity index (χ3v) is 7.14. The fourth-order valence-electron chi connectivity index (χ4n) is 4.87. The summed E-state index contributed by atoms with van der Waals surface area (Å²) in [4.78, 5) is 63.0. The number of nitrogens with two attached hydrogens (primary N) is 1. The first-order valence-corrected chi connectivity index (χ1v) is 15.1. The highest BCUT2D eigenvalue weighted by molar-refractivity contribution is 5.93. The van der Waals surface area contributed by atoms with Crippen LogP contribution in [0.3, 0.4) is 0 Å². The van der Waals surface area contributed by atoms with Gasteiger partial charge >= 0.3 is 0 Å². The number of rotatable bonds is 18. The topological polar surface area (TPSA) is 180 Å². The Balaban J connectivity index is 2.03. The molecule has 3 atom stereocenters. The molecule has 44 heavy (non-hydrogen) atoms. The molecule has 0 saturated carbocycles. The molecule has 0 aliphatic rings. The Kier molecular flexibility index (Phi) is 15.0. The monoisotopic (exact) mass is 609 g/mol. The number of hydroxylamine groups is 1. The van der Waals surface area contributed by atoms with Gasteiger partial charge in [-0.3, -0.25) is 29.2 Å². The zero-order chi connectivity index (χ0) is 32.6. The molecule has 240 valence electrons. The van der Waals surface area contributed by atoms with E-state index >= 15 is 0 Å². The van der Waals surface area contributed by atoms with Crippen molar-refractivity contribution in [2.24, 2.45) is 23.5 Å². The standard InChI is InChI=1S/C33H47N5O6/c1-21(2)18-26(20-30(40)38-44)32(42)36-27(33(43)37-28(31(34)41)19-22(3)4)14-15-29(39)35-17-16-23-10-12-25(13-11-23)24-8-6-5-7-9-24/h5-13,21-22,26-28,44H,14-20H2,1-4H3,(H2,34,41)(H,35,39)(H,36,42)(H,37,43)(H,38,40)/t26?,27-,28?/m0/s1. The average Bonchev–Trinajstić information content (AvgIpc) is 2.98. The Morgan fingerprint density at radius 3 is 1.91 bits per heavy atom. The maximum absolute atomic E-state index is 13.3. The summed E-state index contributed by atoms with van der Waals surface area (Å²) in [5.74, 6) is -3.66. The van der Waals surface area contributed by atoms with Crippen LogP contribution >= 0.6 is 0 Å². The van der Waals surface area contributed by atoms with E-state index in [-0.39, 0.29) is 37.0 Å². The third-order valence-electron chi connectivity index (χ3n) is 7.14. The molecule has 2 unspecified atom stereocenters. The molecule has 0 fully saturated rings. The molecular weight excluding hydrogens is 562 g/mol. The van der Waals surface area contributed by atoms with Gasteiger partial charge in [0, 0.05) is 25.3 Å². The summed E-state index contributed by atoms with van der Waals surface area (Å²) >= 11 is 0. The predicted molar refractivity (Wildman–Crippen MR) is 168 cm³/mol. The minimum atomic E-state index is -1.15. The number of amides is 5. The molecule has 7 N–H and O–H groups in total. The van der Waals surface area contributed by atoms with Gasteiger partial charge in [-0.05, 0) is 54.2 Å². The SMILES string of the molecule is CC(C)CC(CC(=O)NO)C(=O)N[C@@H](CCC(=O)NCCc1ccc(-c2ccccc2)cc1)C(=O)NC(CC(C)C)C(N)=O. The number of carbonyl (C=O) groups is 5. The Morgan fingerprint density at radius 1 is 0.750 bits per heavy atom. The smallest absolute Gasteiger partial charge is 0.244 e. The third kappa shape index (κ3) is 12.9. The molecule has 11 heteroatoms. The first-order valence-electron chi connectivity index (χ1n) is 15.1. The van der Waals surface area contributed by atoms with Gasteiger partial charge in [0.15, 0.2) is 0 Å². The number of hydrogen-bond donors (Lipinski definition) is 6. The zero-order valence-corrected chi connectivity index (χ0v) is 26.1. The van der Waals surface area contributed by atoms with Crippen molar-refractivity contribution < 1.29 is 29.2 Å². The normalized spacial score (nSPS) is 13.1. The van der Waals surface area contributed by atoms with Gasteiger partial charge in [0.1, 0.15) is 12.1 Å². The Hall–Kier alpha value is -4.25. The maximum atomic E-state index is 13.3. The number of nitrogens with one attached hydrogen (secondary N) is 4. The quantitative estimate of drug-likeness (QED) is 0.112. The van der Waals surface area contributed by atoms with Gasteiger partial charge in [0.25, 0.3) is 0 Å². The van der Waals surface area contributed by atoms with Crippen molar-refractivity contribution in [3.8, 4) is 11.1 Å². The molecule has 0 heterocycles. The number of primary amides is 1. The van der Waals surface area contributed by atoms with Crippen LogP contribution in [0.25, 0.3) is 11.1 Å². The second-order valence-corrected chi connectivity index (χ2v) is 11.9. The van der Waals surface area contributed by atoms with Gasteiger partial charge in [0.2, 0.25) is 29.5 Å². The lowest BCUT2D eigenvalue weighted by atomic mass is 9.92. The summed E-state index contributed by atoms with van der Waals surface area (Å²) in [6, 6.07) is 16.0. The predicted octanol–water partition coefficient (Wildman–Crippen LogP) is 2.85. The Labute approximate surface area is 259 Å². The van der Waals surface area contributed by atoms with Crippen LogP contribution in [-0.2, 0) is 30.4 Å². The average molecular weight is 610 g/mol. The van der Waals surface area contributed by atoms with Crippen LogP contribution in [-0.4, -0.2) is 53.4 Å². The van der Waals surface area contributed by atoms with Crippen LogP contribution < -0.4 is 27.2 Å². The van der Waals surface area contributed by atoms with Gasteiger partial charge in [-0.25, -0.2) is 5.48 Å². The van der Waals surface area contributed by atoms with E-state index in [0.29, 0.717) is 25.8 Å². The molecular formula is C33H47N5O6. The van der Waals surface area contributed by atoms with Crippen molar-refractivity contribution >= 4 is 29.5 Å². The van der Waals surface area contributed by atoms with Crippen molar-refractivity contribution in [3.05, 3.63) is 60.2 Å². The summed E-state index contributed by atoms with van der Waals surface area (Å²) < 4.78 is 0. The highest BCUT2D eigenvalue weighted by Gasteiger charge is 2.30. The highest BCUT2D eigenvalue weighted by Crippen LogP contribution is 2.20. The van der Waals surface area contributed by atoms with Crippen LogP contribution in [0.15, 0.2) is 54.6 Å². The van der Waals surface area contributed by atoms with Crippen LogP contribution in [0.5, 0.6) is 0 Å². The first-order chi connectivity index (χ1) is 20.9. The minimum Gasteiger partial charge on any atom is -0.368 e. The van der Waals surface area contributed by atoms with Crippen molar-refractivity contribution in [1.29, 1.82) is 0 Å². The van der Waals surface area contributed by atoms with E-state index in [1.54, 1.807) is 0 Å². The van der Waals surface area contributed by atoms with Crippen molar-refractivity contribution in [1.82, 2.24) is 21.4 Å². The maximum Gasteiger partial charge on any atom is 0.244 e. The summed E-state index contributed by atoms with van der Waals surface area (Å²) in [6.07, 6.45) is 0.865. The minimum absolute atomic E-state index is 0.0388. The van der Waals surface area contributed by atoms with Crippen molar-refractivity contribution in [2.45, 2.75) is 78.3 Å². The van der Waals surface area contributed by atoms with E-state index in [4.69, 9.17) is 10.9 Å². The largest absolute Gasteiger partial charge is 0.368 e. The van der Waals surface area contributed by atoms with Gasteiger partial charge in [-0.1, -0.05) is 82.3 Å². The van der Waals surface area contributed by atoms with Gasteiger partial charge < -0.3 is 21.7 Å². The molecule has 0 bridgehead atoms. The van der Waals surface area contributed by atoms with E-state index in [0.717, 1.165) is 16.7 Å². The zero-order valence-electron chi connectivity index (χ0n) is 26.1. The molecule has 2 rings (SSSR count). The van der Waals surface area contributed by atoms with Crippen LogP contribution in [0.1, 0.15) is 65.4 Å². The van der Waals surface area contributed by atoms with Gasteiger partial charge in [-0.15, -0.1) is 0 Å². The van der Waals surface area contributed by atoms with E-state index in [1.165, 1.54) is 5.48 Å². The summed E-state index contributed by atoms with van der Waals surface area (Å²) in [5, 5.41) is 17.1. The Morgan fingerprint density at radius 2 is 1.34 bits per heavy atom. The summed E-state index contributed by atoms with van der Waals surface area (Å²) in [5.41, 5.74) is 10.3. The van der Waals surface area contributed by atoms with E-state index in [2.05, 4.69) is 16.0 Å². The molecule has 0 saturated heterocycles. The first kappa shape index (κ1) is 35.9. The molecule has 2 aromatic carbocycles. The summed E-state index contributed by atoms with van der Waals surface area (Å²) in [7, 11) is 0. The van der Waals surface area contributed by atoms with E-state index in [1.807, 2.05) is 82.3 Å². The fraction of sp³-hybridized carbons (Fsp3) is 0.485.